The van der Waals surface area contributed by atoms with E-state index in [2.05, 4.69) is 4.98 Å². The van der Waals surface area contributed by atoms with E-state index >= 15 is 0 Å². The van der Waals surface area contributed by atoms with Gasteiger partial charge in [0.15, 0.2) is 0 Å². The molecular formula is C12H12N2O4. The van der Waals surface area contributed by atoms with Gasteiger partial charge in [0, 0.05) is 19.3 Å². The highest BCUT2D eigenvalue weighted by Gasteiger charge is 2.05. The van der Waals surface area contributed by atoms with Crippen LogP contribution in [-0.2, 0) is 0 Å². The van der Waals surface area contributed by atoms with Gasteiger partial charge in [0.25, 0.3) is 0 Å². The Hall–Kier alpha value is -2.63. The molecule has 0 aliphatic carbocycles. The first-order chi connectivity index (χ1) is 8.52. The topological polar surface area (TPSA) is 92.4 Å². The summed E-state index contributed by atoms with van der Waals surface area (Å²) in [7, 11) is 0. The minimum Gasteiger partial charge on any atom is -0.507 e. The lowest BCUT2D eigenvalue weighted by molar-refractivity contribution is 0.0693. The number of carbonyl (C=O) groups is 2. The molecule has 0 aliphatic rings. The van der Waals surface area contributed by atoms with Crippen LogP contribution in [0.1, 0.15) is 22.1 Å². The van der Waals surface area contributed by atoms with Gasteiger partial charge in [0.05, 0.1) is 0 Å². The maximum atomic E-state index is 10.4. The first kappa shape index (κ1) is 13.4. The Morgan fingerprint density at radius 1 is 1.28 bits per heavy atom. The summed E-state index contributed by atoms with van der Waals surface area (Å²) in [5.41, 5.74) is -0.0671. The van der Waals surface area contributed by atoms with Crippen molar-refractivity contribution < 1.29 is 19.8 Å². The van der Waals surface area contributed by atoms with Crippen LogP contribution in [0.3, 0.4) is 0 Å². The molecule has 1 aromatic carbocycles. The molecule has 0 aliphatic heterocycles. The van der Waals surface area contributed by atoms with E-state index in [0.29, 0.717) is 0 Å². The number of carboxylic acid groups (broad SMARTS) is 1. The molecule has 2 rings (SSSR count). The normalized spacial score (nSPS) is 9.17. The van der Waals surface area contributed by atoms with Crippen molar-refractivity contribution >= 4 is 11.9 Å². The van der Waals surface area contributed by atoms with Crippen molar-refractivity contribution in [2.24, 2.45) is 0 Å². The lowest BCUT2D eigenvalue weighted by atomic mass is 10.2. The molecule has 18 heavy (non-hydrogen) atoms. The molecule has 1 heterocycles. The molecular weight excluding hydrogens is 236 g/mol. The zero-order valence-corrected chi connectivity index (χ0v) is 9.65. The summed E-state index contributed by atoms with van der Waals surface area (Å²) in [5.74, 6) is -1.32. The summed E-state index contributed by atoms with van der Waals surface area (Å²) in [6.45, 7) is 1.49. The smallest absolute Gasteiger partial charge is 0.339 e. The van der Waals surface area contributed by atoms with Gasteiger partial charge in [-0.3, -0.25) is 9.36 Å². The zero-order valence-electron chi connectivity index (χ0n) is 9.65. The molecule has 94 valence electrons. The average Bonchev–Trinajstić information content (AvgIpc) is 2.83. The second-order valence-electron chi connectivity index (χ2n) is 3.31. The zero-order chi connectivity index (χ0) is 13.5. The highest BCUT2D eigenvalue weighted by Crippen LogP contribution is 2.14. The minimum atomic E-state index is -1.11. The van der Waals surface area contributed by atoms with E-state index in [9.17, 15) is 9.59 Å². The number of nitrogens with zero attached hydrogens (tertiary/aromatic N) is 2. The Morgan fingerprint density at radius 3 is 2.28 bits per heavy atom. The number of hydrogen-bond acceptors (Lipinski definition) is 4. The molecule has 0 saturated heterocycles. The largest absolute Gasteiger partial charge is 0.507 e. The Bertz CT molecular complexity index is 535. The number of carbonyl (C=O) groups excluding carboxylic acids is 1. The number of rotatable bonds is 1. The molecule has 2 N–H and O–H groups in total. The van der Waals surface area contributed by atoms with Crippen LogP contribution in [0, 0.1) is 0 Å². The number of benzene rings is 1. The quantitative estimate of drug-likeness (QED) is 0.800. The third-order valence-electron chi connectivity index (χ3n) is 2.00. The number of aromatic nitrogens is 2. The highest BCUT2D eigenvalue weighted by molar-refractivity contribution is 5.90. The SMILES string of the molecule is CC(=O)n1ccnc1.O=C(O)c1ccccc1O. The van der Waals surface area contributed by atoms with E-state index in [1.54, 1.807) is 24.5 Å². The van der Waals surface area contributed by atoms with Crippen molar-refractivity contribution in [2.75, 3.05) is 0 Å². The van der Waals surface area contributed by atoms with Crippen LogP contribution in [0.25, 0.3) is 0 Å². The predicted molar refractivity (Wildman–Crippen MR) is 63.6 cm³/mol. The third kappa shape index (κ3) is 3.75. The highest BCUT2D eigenvalue weighted by atomic mass is 16.4. The van der Waals surface area contributed by atoms with E-state index in [0.717, 1.165) is 0 Å². The van der Waals surface area contributed by atoms with Crippen LogP contribution >= 0.6 is 0 Å². The predicted octanol–water partition coefficient (Wildman–Crippen LogP) is 1.63. The fraction of sp³-hybridized carbons (Fsp3) is 0.0833. The molecule has 2 aromatic rings. The molecule has 6 nitrogen and oxygen atoms in total. The number of phenols is 1. The van der Waals surface area contributed by atoms with Crippen LogP contribution in [0.2, 0.25) is 0 Å². The maximum Gasteiger partial charge on any atom is 0.339 e. The fourth-order valence-electron chi connectivity index (χ4n) is 1.10. The van der Waals surface area contributed by atoms with Gasteiger partial charge in [0.1, 0.15) is 17.6 Å². The van der Waals surface area contributed by atoms with Crippen molar-refractivity contribution in [1.82, 2.24) is 9.55 Å². The van der Waals surface area contributed by atoms with E-state index < -0.39 is 5.97 Å². The van der Waals surface area contributed by atoms with Crippen molar-refractivity contribution in [2.45, 2.75) is 6.92 Å². The molecule has 0 atom stereocenters. The average molecular weight is 248 g/mol. The van der Waals surface area contributed by atoms with Crippen LogP contribution in [0.5, 0.6) is 5.75 Å². The van der Waals surface area contributed by atoms with E-state index in [-0.39, 0.29) is 17.2 Å². The van der Waals surface area contributed by atoms with Gasteiger partial charge in [0.2, 0.25) is 5.91 Å². The monoisotopic (exact) mass is 248 g/mol. The van der Waals surface area contributed by atoms with Crippen LogP contribution in [-0.4, -0.2) is 31.6 Å². The van der Waals surface area contributed by atoms with Crippen LogP contribution in [0.15, 0.2) is 43.0 Å². The van der Waals surface area contributed by atoms with E-state index in [1.165, 1.54) is 30.0 Å². The number of para-hydroxylation sites is 1. The summed E-state index contributed by atoms with van der Waals surface area (Å²) in [6, 6.07) is 5.81. The Labute approximate surface area is 103 Å². The first-order valence-corrected chi connectivity index (χ1v) is 5.02. The standard InChI is InChI=1S/C7H6O3.C5H6N2O/c8-6-4-2-1-3-5(6)7(9)10;1-5(8)7-3-2-6-4-7/h1-4,8H,(H,9,10);2-4H,1H3. The van der Waals surface area contributed by atoms with Crippen LogP contribution < -0.4 is 0 Å². The van der Waals surface area contributed by atoms with E-state index in [4.69, 9.17) is 10.2 Å². The van der Waals surface area contributed by atoms with Gasteiger partial charge in [-0.15, -0.1) is 0 Å². The molecule has 6 heteroatoms. The number of hydrogen-bond donors (Lipinski definition) is 2. The van der Waals surface area contributed by atoms with Crippen molar-refractivity contribution in [3.05, 3.63) is 48.5 Å². The second kappa shape index (κ2) is 6.19. The molecule has 0 radical (unpaired) electrons. The molecule has 0 bridgehead atoms. The third-order valence-corrected chi connectivity index (χ3v) is 2.00. The Morgan fingerprint density at radius 2 is 1.94 bits per heavy atom. The Balaban J connectivity index is 0.000000184. The summed E-state index contributed by atoms with van der Waals surface area (Å²) < 4.78 is 1.42. The molecule has 0 spiro atoms. The van der Waals surface area contributed by atoms with Gasteiger partial charge >= 0.3 is 5.97 Å². The number of carboxylic acids is 1. The Kier molecular flexibility index (Phi) is 4.62. The maximum absolute atomic E-state index is 10.4. The lowest BCUT2D eigenvalue weighted by Crippen LogP contribution is -2.00. The van der Waals surface area contributed by atoms with Gasteiger partial charge in [-0.25, -0.2) is 9.78 Å². The molecule has 0 saturated carbocycles. The molecule has 0 amide bonds. The number of aromatic hydroxyl groups is 1. The van der Waals surface area contributed by atoms with Gasteiger partial charge < -0.3 is 10.2 Å². The van der Waals surface area contributed by atoms with Crippen molar-refractivity contribution in [3.8, 4) is 5.75 Å². The van der Waals surface area contributed by atoms with Gasteiger partial charge in [-0.2, -0.15) is 0 Å². The molecule has 1 aromatic heterocycles. The fourth-order valence-corrected chi connectivity index (χ4v) is 1.10. The molecule has 0 fully saturated rings. The van der Waals surface area contributed by atoms with E-state index in [1.807, 2.05) is 0 Å². The number of imidazole rings is 1. The minimum absolute atomic E-state index is 0.0116. The van der Waals surface area contributed by atoms with Gasteiger partial charge in [-0.1, -0.05) is 12.1 Å². The number of aromatic carboxylic acids is 1. The van der Waals surface area contributed by atoms with Crippen LogP contribution in [0.4, 0.5) is 0 Å². The van der Waals surface area contributed by atoms with Crippen molar-refractivity contribution in [3.63, 3.8) is 0 Å². The summed E-state index contributed by atoms with van der Waals surface area (Å²) in [5, 5.41) is 17.3. The van der Waals surface area contributed by atoms with Gasteiger partial charge in [-0.05, 0) is 12.1 Å². The molecule has 0 unspecified atom stereocenters. The second-order valence-corrected chi connectivity index (χ2v) is 3.31. The summed E-state index contributed by atoms with van der Waals surface area (Å²) >= 11 is 0. The van der Waals surface area contributed by atoms with Crippen molar-refractivity contribution in [1.29, 1.82) is 0 Å². The first-order valence-electron chi connectivity index (χ1n) is 5.02. The lowest BCUT2D eigenvalue weighted by Gasteiger charge is -1.95. The summed E-state index contributed by atoms with van der Waals surface area (Å²) in [6.07, 6.45) is 4.66. The summed E-state index contributed by atoms with van der Waals surface area (Å²) in [4.78, 5) is 24.4.